The molecule has 30 heavy (non-hydrogen) atoms. The summed E-state index contributed by atoms with van der Waals surface area (Å²) in [5, 5.41) is 14.9. The number of carbonyl (C=O) groups excluding carboxylic acids is 1. The van der Waals surface area contributed by atoms with Gasteiger partial charge < -0.3 is 5.32 Å². The summed E-state index contributed by atoms with van der Waals surface area (Å²) in [6.07, 6.45) is 0.347. The van der Waals surface area contributed by atoms with Crippen LogP contribution in [-0.4, -0.2) is 23.6 Å². The van der Waals surface area contributed by atoms with Crippen LogP contribution in [0, 0.1) is 17.1 Å². The Morgan fingerprint density at radius 3 is 2.40 bits per heavy atom. The topological polar surface area (TPSA) is 101 Å². The normalized spacial score (nSPS) is 19.2. The first-order valence-corrected chi connectivity index (χ1v) is 9.67. The minimum absolute atomic E-state index is 0.0236. The first-order chi connectivity index (χ1) is 14.2. The number of nitrogens with zero attached hydrogens (tertiary/aromatic N) is 2. The van der Waals surface area contributed by atoms with Crippen LogP contribution in [0.5, 0.6) is 0 Å². The highest BCUT2D eigenvalue weighted by molar-refractivity contribution is 6.05. The van der Waals surface area contributed by atoms with Crippen LogP contribution in [0.25, 0.3) is 0 Å². The number of carbonyl (C=O) groups is 1. The Labute approximate surface area is 175 Å². The predicted octanol–water partition coefficient (Wildman–Crippen LogP) is 2.74. The second-order valence-electron chi connectivity index (χ2n) is 8.14. The van der Waals surface area contributed by atoms with Crippen LogP contribution in [0.3, 0.4) is 0 Å². The molecule has 4 N–H and O–H groups in total. The van der Waals surface area contributed by atoms with E-state index in [2.05, 4.69) is 26.5 Å². The number of hydrogen-bond donors (Lipinski definition) is 4. The maximum absolute atomic E-state index is 13.2. The molecule has 0 saturated carbocycles. The van der Waals surface area contributed by atoms with Gasteiger partial charge in [0, 0.05) is 23.6 Å². The summed E-state index contributed by atoms with van der Waals surface area (Å²) >= 11 is 0. The molecule has 1 amide bonds. The van der Waals surface area contributed by atoms with Gasteiger partial charge in [-0.05, 0) is 62.7 Å². The van der Waals surface area contributed by atoms with Crippen molar-refractivity contribution in [2.24, 2.45) is 4.99 Å². The van der Waals surface area contributed by atoms with Crippen LogP contribution in [-0.2, 0) is 0 Å². The second kappa shape index (κ2) is 9.03. The third-order valence-electron chi connectivity index (χ3n) is 4.44. The number of hydrogen-bond acceptors (Lipinski definition) is 5. The Kier molecular flexibility index (Phi) is 6.45. The molecule has 2 aromatic rings. The standard InChI is InChI=1S/C22H25FN6O/c1-22(2,3)27-21(26-20(30)16-6-4-14(13-24)5-7-16)25-19-12-18(28-29-19)15-8-10-17(23)11-9-15/h4-11,18-19,28-29H,12H2,1-3H3,(H2,25,26,27,30). The number of aliphatic imine (C=N–C) groups is 1. The van der Waals surface area contributed by atoms with E-state index in [4.69, 9.17) is 5.26 Å². The SMILES string of the molecule is CC(C)(C)NC(=NC1CC(c2ccc(F)cc2)NN1)NC(=O)c1ccc(C#N)cc1. The van der Waals surface area contributed by atoms with Gasteiger partial charge in [0.2, 0.25) is 0 Å². The molecule has 2 unspecified atom stereocenters. The lowest BCUT2D eigenvalue weighted by Crippen LogP contribution is -2.50. The van der Waals surface area contributed by atoms with Crippen molar-refractivity contribution in [3.63, 3.8) is 0 Å². The molecule has 1 aliphatic rings. The van der Waals surface area contributed by atoms with Gasteiger partial charge in [-0.3, -0.25) is 10.1 Å². The van der Waals surface area contributed by atoms with Crippen molar-refractivity contribution in [2.45, 2.75) is 44.9 Å². The van der Waals surface area contributed by atoms with Crippen molar-refractivity contribution in [3.05, 3.63) is 71.0 Å². The summed E-state index contributed by atoms with van der Waals surface area (Å²) in [6.45, 7) is 5.91. The maximum atomic E-state index is 13.2. The highest BCUT2D eigenvalue weighted by Gasteiger charge is 2.26. The molecule has 156 valence electrons. The lowest BCUT2D eigenvalue weighted by atomic mass is 10.0. The van der Waals surface area contributed by atoms with E-state index >= 15 is 0 Å². The van der Waals surface area contributed by atoms with Gasteiger partial charge in [0.05, 0.1) is 11.6 Å². The Morgan fingerprint density at radius 2 is 1.80 bits per heavy atom. The Morgan fingerprint density at radius 1 is 1.13 bits per heavy atom. The molecule has 0 aromatic heterocycles. The Bertz CT molecular complexity index is 957. The van der Waals surface area contributed by atoms with Crippen LogP contribution >= 0.6 is 0 Å². The summed E-state index contributed by atoms with van der Waals surface area (Å²) in [5.41, 5.74) is 7.81. The molecule has 1 fully saturated rings. The fourth-order valence-electron chi connectivity index (χ4n) is 3.02. The van der Waals surface area contributed by atoms with Gasteiger partial charge in [0.15, 0.2) is 5.96 Å². The smallest absolute Gasteiger partial charge is 0.257 e. The lowest BCUT2D eigenvalue weighted by Gasteiger charge is -2.24. The van der Waals surface area contributed by atoms with E-state index in [1.165, 1.54) is 12.1 Å². The minimum Gasteiger partial charge on any atom is -0.351 e. The molecule has 7 nitrogen and oxygen atoms in total. The maximum Gasteiger partial charge on any atom is 0.257 e. The van der Waals surface area contributed by atoms with Crippen LogP contribution < -0.4 is 21.5 Å². The fraction of sp³-hybridized carbons (Fsp3) is 0.318. The lowest BCUT2D eigenvalue weighted by molar-refractivity contribution is 0.0975. The molecule has 1 heterocycles. The third kappa shape index (κ3) is 5.86. The molecule has 1 saturated heterocycles. The molecule has 0 aliphatic carbocycles. The van der Waals surface area contributed by atoms with Crippen LogP contribution in [0.15, 0.2) is 53.5 Å². The van der Waals surface area contributed by atoms with Crippen molar-refractivity contribution < 1.29 is 9.18 Å². The summed E-state index contributed by atoms with van der Waals surface area (Å²) in [4.78, 5) is 17.3. The average molecular weight is 408 g/mol. The van der Waals surface area contributed by atoms with Crippen molar-refractivity contribution in [1.82, 2.24) is 21.5 Å². The summed E-state index contributed by atoms with van der Waals surface area (Å²) in [7, 11) is 0. The van der Waals surface area contributed by atoms with E-state index in [1.807, 2.05) is 26.8 Å². The highest BCUT2D eigenvalue weighted by Crippen LogP contribution is 2.23. The molecule has 8 heteroatoms. The molecular formula is C22H25FN6O. The van der Waals surface area contributed by atoms with Crippen LogP contribution in [0.2, 0.25) is 0 Å². The van der Waals surface area contributed by atoms with Crippen molar-refractivity contribution in [3.8, 4) is 6.07 Å². The molecule has 3 rings (SSSR count). The van der Waals surface area contributed by atoms with Crippen molar-refractivity contribution in [2.75, 3.05) is 0 Å². The number of amides is 1. The van der Waals surface area contributed by atoms with Gasteiger partial charge >= 0.3 is 0 Å². The molecule has 1 aliphatic heterocycles. The van der Waals surface area contributed by atoms with Crippen molar-refractivity contribution in [1.29, 1.82) is 5.26 Å². The number of benzene rings is 2. The van der Waals surface area contributed by atoms with Crippen LogP contribution in [0.4, 0.5) is 4.39 Å². The summed E-state index contributed by atoms with van der Waals surface area (Å²) < 4.78 is 13.2. The predicted molar refractivity (Wildman–Crippen MR) is 113 cm³/mol. The van der Waals surface area contributed by atoms with Crippen LogP contribution in [0.1, 0.15) is 54.7 Å². The van der Waals surface area contributed by atoms with Gasteiger partial charge in [-0.25, -0.2) is 20.2 Å². The molecule has 0 spiro atoms. The first-order valence-electron chi connectivity index (χ1n) is 9.67. The van der Waals surface area contributed by atoms with E-state index in [0.29, 0.717) is 23.5 Å². The van der Waals surface area contributed by atoms with Gasteiger partial charge in [-0.2, -0.15) is 5.26 Å². The van der Waals surface area contributed by atoms with E-state index in [0.717, 1.165) is 5.56 Å². The fourth-order valence-corrected chi connectivity index (χ4v) is 3.02. The molecule has 2 atom stereocenters. The zero-order chi connectivity index (χ0) is 21.7. The Balaban J connectivity index is 1.72. The quantitative estimate of drug-likeness (QED) is 0.462. The van der Waals surface area contributed by atoms with E-state index in [1.54, 1.807) is 36.4 Å². The number of nitrogens with one attached hydrogen (secondary N) is 4. The van der Waals surface area contributed by atoms with E-state index in [9.17, 15) is 9.18 Å². The summed E-state index contributed by atoms with van der Waals surface area (Å²) in [6, 6.07) is 14.7. The molecule has 0 bridgehead atoms. The van der Waals surface area contributed by atoms with Gasteiger partial charge in [-0.1, -0.05) is 12.1 Å². The molecule has 0 radical (unpaired) electrons. The van der Waals surface area contributed by atoms with E-state index < -0.39 is 0 Å². The number of rotatable bonds is 3. The van der Waals surface area contributed by atoms with Crippen molar-refractivity contribution >= 4 is 11.9 Å². The van der Waals surface area contributed by atoms with Gasteiger partial charge in [0.25, 0.3) is 5.91 Å². The Hall–Kier alpha value is -3.28. The largest absolute Gasteiger partial charge is 0.351 e. The number of halogens is 1. The molecular weight excluding hydrogens is 383 g/mol. The highest BCUT2D eigenvalue weighted by atomic mass is 19.1. The second-order valence-corrected chi connectivity index (χ2v) is 8.14. The third-order valence-corrected chi connectivity index (χ3v) is 4.44. The zero-order valence-corrected chi connectivity index (χ0v) is 17.2. The monoisotopic (exact) mass is 408 g/mol. The van der Waals surface area contributed by atoms with Gasteiger partial charge in [0.1, 0.15) is 12.0 Å². The summed E-state index contributed by atoms with van der Waals surface area (Å²) in [5.74, 6) is -0.256. The van der Waals surface area contributed by atoms with Gasteiger partial charge in [-0.15, -0.1) is 0 Å². The zero-order valence-electron chi connectivity index (χ0n) is 17.2. The first kappa shape index (κ1) is 21.4. The number of hydrazine groups is 1. The van der Waals surface area contributed by atoms with E-state index in [-0.39, 0.29) is 29.5 Å². The molecule has 2 aromatic carbocycles. The number of guanidine groups is 1. The minimum atomic E-state index is -0.323. The number of nitriles is 1. The average Bonchev–Trinajstić information content (AvgIpc) is 3.15.